The van der Waals surface area contributed by atoms with Gasteiger partial charge in [-0.1, -0.05) is 134 Å². The van der Waals surface area contributed by atoms with E-state index in [1.807, 2.05) is 44.2 Å². The topological polar surface area (TPSA) is 105 Å². The van der Waals surface area contributed by atoms with E-state index in [2.05, 4.69) is 12.2 Å². The summed E-state index contributed by atoms with van der Waals surface area (Å²) in [4.78, 5) is 13.1. The first kappa shape index (κ1) is 41.1. The van der Waals surface area contributed by atoms with Crippen LogP contribution in [-0.2, 0) is 10.1 Å². The van der Waals surface area contributed by atoms with Crippen LogP contribution in [0.4, 0.5) is 5.69 Å². The van der Waals surface area contributed by atoms with Gasteiger partial charge in [0.1, 0.15) is 21.6 Å². The van der Waals surface area contributed by atoms with Gasteiger partial charge in [0.05, 0.1) is 28.9 Å². The van der Waals surface area contributed by atoms with Crippen molar-refractivity contribution in [1.29, 1.82) is 0 Å². The summed E-state index contributed by atoms with van der Waals surface area (Å²) < 4.78 is 47.3. The normalized spacial score (nSPS) is 11.4. The maximum atomic E-state index is 13.5. The second-order valence-corrected chi connectivity index (χ2v) is 13.9. The number of fused-ring (bicyclic) bond motifs is 1. The summed E-state index contributed by atoms with van der Waals surface area (Å²) >= 11 is 0. The van der Waals surface area contributed by atoms with Crippen molar-refractivity contribution in [1.82, 2.24) is 0 Å². The number of ether oxygens (including phenoxy) is 2. The van der Waals surface area contributed by atoms with Crippen LogP contribution in [0.2, 0.25) is 0 Å². The molecule has 0 fully saturated rings. The van der Waals surface area contributed by atoms with Crippen molar-refractivity contribution in [3.8, 4) is 11.5 Å². The first-order valence-corrected chi connectivity index (χ1v) is 18.8. The van der Waals surface area contributed by atoms with Crippen LogP contribution in [0, 0.1) is 0 Å². The molecule has 9 heteroatoms. The van der Waals surface area contributed by atoms with Crippen LogP contribution >= 0.6 is 0 Å². The fraction of sp³-hybridized carbons (Fsp3) is 0.553. The van der Waals surface area contributed by atoms with Crippen molar-refractivity contribution in [2.24, 2.45) is 0 Å². The zero-order valence-electron chi connectivity index (χ0n) is 29.2. The molecule has 0 saturated heterocycles. The molecule has 0 aliphatic heterocycles. The summed E-state index contributed by atoms with van der Waals surface area (Å²) in [6, 6.07) is 14.9. The minimum atomic E-state index is -4.73. The monoisotopic (exact) mass is 675 g/mol. The van der Waals surface area contributed by atoms with Crippen LogP contribution in [0.15, 0.2) is 59.5 Å². The van der Waals surface area contributed by atoms with Gasteiger partial charge in [0, 0.05) is 5.39 Å². The zero-order valence-corrected chi connectivity index (χ0v) is 32.0. The number of unbranched alkanes of at least 4 members (excludes halogenated alkanes) is 15. The van der Waals surface area contributed by atoms with Crippen LogP contribution in [0.3, 0.4) is 0 Å². The summed E-state index contributed by atoms with van der Waals surface area (Å²) in [5.74, 6) is 0.261. The largest absolute Gasteiger partial charge is 1.00 e. The van der Waals surface area contributed by atoms with Gasteiger partial charge in [-0.25, -0.2) is 8.42 Å². The van der Waals surface area contributed by atoms with Crippen molar-refractivity contribution in [2.75, 3.05) is 11.9 Å². The molecular weight excluding hydrogens is 621 g/mol. The number of carbonyl (C=O) groups is 1. The van der Waals surface area contributed by atoms with E-state index in [0.717, 1.165) is 36.1 Å². The SMILES string of the molecule is CCCCCCCCCCCCCCCCCCOc1ccc(S(=O)(=O)[O-])cc1NC(=O)c1ccc2ccccc2c1OC(C)C.[Na+]. The molecule has 0 bridgehead atoms. The van der Waals surface area contributed by atoms with Crippen LogP contribution in [-0.4, -0.2) is 31.6 Å². The average molecular weight is 676 g/mol. The summed E-state index contributed by atoms with van der Waals surface area (Å²) in [6.07, 6.45) is 20.3. The number of anilines is 1. The number of hydrogen-bond acceptors (Lipinski definition) is 6. The fourth-order valence-electron chi connectivity index (χ4n) is 5.69. The molecule has 3 aromatic rings. The number of benzene rings is 3. The third-order valence-corrected chi connectivity index (χ3v) is 9.05. The van der Waals surface area contributed by atoms with E-state index in [1.165, 1.54) is 95.6 Å². The van der Waals surface area contributed by atoms with Crippen molar-refractivity contribution in [2.45, 2.75) is 135 Å². The van der Waals surface area contributed by atoms with Gasteiger partial charge < -0.3 is 19.3 Å². The molecular formula is C38H54NNaO6S. The molecule has 0 heterocycles. The van der Waals surface area contributed by atoms with Crippen molar-refractivity contribution < 1.29 is 56.8 Å². The molecule has 3 rings (SSSR count). The van der Waals surface area contributed by atoms with Gasteiger partial charge >= 0.3 is 29.6 Å². The first-order chi connectivity index (χ1) is 22.2. The Morgan fingerprint density at radius 3 is 1.87 bits per heavy atom. The first-order valence-electron chi connectivity index (χ1n) is 17.4. The Kier molecular flexibility index (Phi) is 19.7. The van der Waals surface area contributed by atoms with E-state index in [4.69, 9.17) is 9.47 Å². The Bertz CT molecular complexity index is 1460. The molecule has 254 valence electrons. The van der Waals surface area contributed by atoms with Gasteiger partial charge in [-0.2, -0.15) is 0 Å². The molecule has 1 amide bonds. The molecule has 3 aromatic carbocycles. The molecule has 47 heavy (non-hydrogen) atoms. The van der Waals surface area contributed by atoms with Gasteiger partial charge in [0.15, 0.2) is 0 Å². The Labute approximate surface area is 305 Å². The minimum absolute atomic E-state index is 0. The molecule has 7 nitrogen and oxygen atoms in total. The molecule has 0 radical (unpaired) electrons. The Morgan fingerprint density at radius 2 is 1.32 bits per heavy atom. The second kappa shape index (κ2) is 22.5. The Balaban J connectivity index is 0.00000768. The minimum Gasteiger partial charge on any atom is -0.744 e. The van der Waals surface area contributed by atoms with Gasteiger partial charge in [-0.05, 0) is 49.9 Å². The Morgan fingerprint density at radius 1 is 0.766 bits per heavy atom. The number of amides is 1. The number of carbonyl (C=O) groups excluding carboxylic acids is 1. The van der Waals surface area contributed by atoms with E-state index < -0.39 is 20.9 Å². The fourth-order valence-corrected chi connectivity index (χ4v) is 6.19. The molecule has 0 aromatic heterocycles. The van der Waals surface area contributed by atoms with E-state index in [1.54, 1.807) is 6.07 Å². The quantitative estimate of drug-likeness (QED) is 0.0637. The van der Waals surface area contributed by atoms with Gasteiger partial charge in [-0.3, -0.25) is 4.79 Å². The predicted molar refractivity (Wildman–Crippen MR) is 187 cm³/mol. The van der Waals surface area contributed by atoms with Crippen LogP contribution in [0.25, 0.3) is 10.8 Å². The van der Waals surface area contributed by atoms with Gasteiger partial charge in [0.2, 0.25) is 0 Å². The van der Waals surface area contributed by atoms with Crippen molar-refractivity contribution in [3.63, 3.8) is 0 Å². The second-order valence-electron chi connectivity index (χ2n) is 12.5. The zero-order chi connectivity index (χ0) is 33.2. The van der Waals surface area contributed by atoms with Crippen LogP contribution in [0.5, 0.6) is 11.5 Å². The van der Waals surface area contributed by atoms with Gasteiger partial charge in [-0.15, -0.1) is 0 Å². The summed E-state index contributed by atoms with van der Waals surface area (Å²) in [5, 5.41) is 4.50. The number of nitrogens with one attached hydrogen (secondary N) is 1. The summed E-state index contributed by atoms with van der Waals surface area (Å²) in [5.41, 5.74) is 0.425. The molecule has 0 aliphatic carbocycles. The molecule has 1 N–H and O–H groups in total. The van der Waals surface area contributed by atoms with Crippen molar-refractivity contribution >= 4 is 32.5 Å². The Hall–Kier alpha value is -2.10. The van der Waals surface area contributed by atoms with E-state index in [0.29, 0.717) is 23.7 Å². The molecule has 0 atom stereocenters. The maximum absolute atomic E-state index is 13.5. The molecule has 0 spiro atoms. The molecule has 0 aliphatic rings. The summed E-state index contributed by atoms with van der Waals surface area (Å²) in [7, 11) is -4.73. The molecule has 0 unspecified atom stereocenters. The third-order valence-electron chi connectivity index (χ3n) is 8.22. The summed E-state index contributed by atoms with van der Waals surface area (Å²) in [6.45, 7) is 6.45. The van der Waals surface area contributed by atoms with E-state index >= 15 is 0 Å². The van der Waals surface area contributed by atoms with E-state index in [9.17, 15) is 17.8 Å². The van der Waals surface area contributed by atoms with Gasteiger partial charge in [0.25, 0.3) is 5.91 Å². The molecule has 0 saturated carbocycles. The predicted octanol–water partition coefficient (Wildman–Crippen LogP) is 7.43. The maximum Gasteiger partial charge on any atom is 1.00 e. The van der Waals surface area contributed by atoms with E-state index in [-0.39, 0.29) is 41.3 Å². The van der Waals surface area contributed by atoms with Crippen molar-refractivity contribution in [3.05, 3.63) is 60.2 Å². The smallest absolute Gasteiger partial charge is 0.744 e. The van der Waals surface area contributed by atoms with Crippen LogP contribution in [0.1, 0.15) is 134 Å². The van der Waals surface area contributed by atoms with Crippen LogP contribution < -0.4 is 44.3 Å². The third kappa shape index (κ3) is 14.9. The number of rotatable bonds is 23. The standard InChI is InChI=1S/C38H55NO6S.Na/c1-4-5-6-7-8-9-10-11-12-13-14-15-16-17-18-21-28-44-36-27-25-32(46(41,42)43)29-35(36)39-38(40)34-26-24-31-22-19-20-23-33(31)37(34)45-30(2)3;/h19-20,22-27,29-30H,4-18,21,28H2,1-3H3,(H,39,40)(H,41,42,43);/q;+1/p-1. The number of hydrogen-bond donors (Lipinski definition) is 1. The average Bonchev–Trinajstić information content (AvgIpc) is 3.02.